The maximum Gasteiger partial charge on any atom is 0.344 e. The third-order valence-corrected chi connectivity index (χ3v) is 3.80. The molecular weight excluding hydrogens is 308 g/mol. The van der Waals surface area contributed by atoms with Crippen LogP contribution in [-0.2, 0) is 0 Å². The summed E-state index contributed by atoms with van der Waals surface area (Å²) in [5.41, 5.74) is 0.188. The molecule has 0 radical (unpaired) electrons. The highest BCUT2D eigenvalue weighted by molar-refractivity contribution is 6.07. The van der Waals surface area contributed by atoms with Crippen molar-refractivity contribution in [3.8, 4) is 5.75 Å². The monoisotopic (exact) mass is 326 g/mol. The fourth-order valence-electron chi connectivity index (χ4n) is 2.56. The van der Waals surface area contributed by atoms with Gasteiger partial charge in [0.2, 0.25) is 0 Å². The molecule has 0 aliphatic carbocycles. The fourth-order valence-corrected chi connectivity index (χ4v) is 2.56. The van der Waals surface area contributed by atoms with Crippen LogP contribution in [0.2, 0.25) is 0 Å². The van der Waals surface area contributed by atoms with Crippen LogP contribution in [0, 0.1) is 0 Å². The molecule has 0 atom stereocenters. The predicted octanol–water partition coefficient (Wildman–Crippen LogP) is 1.94. The van der Waals surface area contributed by atoms with Crippen molar-refractivity contribution in [1.82, 2.24) is 10.2 Å². The number of rotatable bonds is 4. The standard InChI is InChI=1S/C18H18N2O4/c1-20(2)8-7-19-17(22)11-3-5-13-14-6-4-12(21)10-16(14)24-18(23)15(13)9-11/h3-6,9-10,21H,7-8H2,1-2H3,(H,19,22). The van der Waals surface area contributed by atoms with Gasteiger partial charge in [-0.3, -0.25) is 4.79 Å². The van der Waals surface area contributed by atoms with Gasteiger partial charge in [0.25, 0.3) is 5.91 Å². The van der Waals surface area contributed by atoms with Crippen LogP contribution < -0.4 is 10.9 Å². The first-order valence-corrected chi connectivity index (χ1v) is 7.58. The molecule has 3 aromatic rings. The molecule has 6 heteroatoms. The summed E-state index contributed by atoms with van der Waals surface area (Å²) in [5, 5.41) is 14.1. The lowest BCUT2D eigenvalue weighted by Crippen LogP contribution is -2.31. The largest absolute Gasteiger partial charge is 0.508 e. The second kappa shape index (κ2) is 6.33. The summed E-state index contributed by atoms with van der Waals surface area (Å²) in [6.45, 7) is 1.26. The molecule has 1 amide bonds. The Balaban J connectivity index is 2.01. The average molecular weight is 326 g/mol. The molecule has 6 nitrogen and oxygen atoms in total. The molecule has 0 unspecified atom stereocenters. The van der Waals surface area contributed by atoms with Gasteiger partial charge in [0, 0.05) is 30.1 Å². The van der Waals surface area contributed by atoms with Crippen LogP contribution in [0.5, 0.6) is 5.75 Å². The van der Waals surface area contributed by atoms with Crippen LogP contribution >= 0.6 is 0 Å². The number of hydrogen-bond acceptors (Lipinski definition) is 5. The van der Waals surface area contributed by atoms with E-state index in [1.165, 1.54) is 12.1 Å². The van der Waals surface area contributed by atoms with E-state index in [9.17, 15) is 14.7 Å². The fraction of sp³-hybridized carbons (Fsp3) is 0.222. The van der Waals surface area contributed by atoms with Crippen molar-refractivity contribution in [2.75, 3.05) is 27.2 Å². The lowest BCUT2D eigenvalue weighted by Gasteiger charge is -2.11. The molecule has 0 fully saturated rings. The Morgan fingerprint density at radius 1 is 1.12 bits per heavy atom. The summed E-state index contributed by atoms with van der Waals surface area (Å²) >= 11 is 0. The molecule has 2 aromatic carbocycles. The molecule has 0 bridgehead atoms. The summed E-state index contributed by atoms with van der Waals surface area (Å²) in [7, 11) is 3.85. The Labute approximate surface area is 138 Å². The number of phenols is 1. The highest BCUT2D eigenvalue weighted by Gasteiger charge is 2.12. The van der Waals surface area contributed by atoms with Gasteiger partial charge >= 0.3 is 5.63 Å². The van der Waals surface area contributed by atoms with E-state index >= 15 is 0 Å². The minimum Gasteiger partial charge on any atom is -0.508 e. The van der Waals surface area contributed by atoms with Gasteiger partial charge in [-0.2, -0.15) is 0 Å². The molecule has 0 aliphatic heterocycles. The highest BCUT2D eigenvalue weighted by Crippen LogP contribution is 2.26. The first-order chi connectivity index (χ1) is 11.5. The Bertz CT molecular complexity index is 976. The van der Waals surface area contributed by atoms with Crippen molar-refractivity contribution in [1.29, 1.82) is 0 Å². The van der Waals surface area contributed by atoms with E-state index in [1.54, 1.807) is 24.3 Å². The van der Waals surface area contributed by atoms with Crippen molar-refractivity contribution in [2.24, 2.45) is 0 Å². The van der Waals surface area contributed by atoms with Crippen molar-refractivity contribution in [2.45, 2.75) is 0 Å². The van der Waals surface area contributed by atoms with Crippen molar-refractivity contribution < 1.29 is 14.3 Å². The lowest BCUT2D eigenvalue weighted by molar-refractivity contribution is 0.0951. The number of carbonyl (C=O) groups is 1. The van der Waals surface area contributed by atoms with Gasteiger partial charge < -0.3 is 19.7 Å². The van der Waals surface area contributed by atoms with Crippen LogP contribution in [-0.4, -0.2) is 43.1 Å². The molecular formula is C18H18N2O4. The van der Waals surface area contributed by atoms with Crippen LogP contribution in [0.25, 0.3) is 21.7 Å². The summed E-state index contributed by atoms with van der Waals surface area (Å²) < 4.78 is 5.25. The van der Waals surface area contributed by atoms with Crippen LogP contribution in [0.3, 0.4) is 0 Å². The van der Waals surface area contributed by atoms with Gasteiger partial charge in [-0.15, -0.1) is 0 Å². The highest BCUT2D eigenvalue weighted by atomic mass is 16.4. The molecule has 124 valence electrons. The van der Waals surface area contributed by atoms with Gasteiger partial charge in [0.15, 0.2) is 0 Å². The number of benzene rings is 2. The van der Waals surface area contributed by atoms with E-state index in [0.29, 0.717) is 33.8 Å². The van der Waals surface area contributed by atoms with E-state index < -0.39 is 5.63 Å². The molecule has 0 saturated carbocycles. The van der Waals surface area contributed by atoms with Crippen LogP contribution in [0.1, 0.15) is 10.4 Å². The molecule has 24 heavy (non-hydrogen) atoms. The molecule has 0 aliphatic rings. The van der Waals surface area contributed by atoms with Crippen LogP contribution in [0.15, 0.2) is 45.6 Å². The zero-order valence-corrected chi connectivity index (χ0v) is 13.5. The summed E-state index contributed by atoms with van der Waals surface area (Å²) in [5.74, 6) is -0.203. The summed E-state index contributed by atoms with van der Waals surface area (Å²) in [4.78, 5) is 26.4. The number of amides is 1. The maximum atomic E-state index is 12.2. The molecule has 1 heterocycles. The molecule has 0 spiro atoms. The van der Waals surface area contributed by atoms with E-state index in [0.717, 1.165) is 6.54 Å². The Hall–Kier alpha value is -2.86. The van der Waals surface area contributed by atoms with Crippen molar-refractivity contribution in [3.05, 3.63) is 52.4 Å². The predicted molar refractivity (Wildman–Crippen MR) is 92.5 cm³/mol. The number of nitrogens with zero attached hydrogens (tertiary/aromatic N) is 1. The first-order valence-electron chi connectivity index (χ1n) is 7.58. The van der Waals surface area contributed by atoms with E-state index in [1.807, 2.05) is 19.0 Å². The van der Waals surface area contributed by atoms with Gasteiger partial charge in [-0.1, -0.05) is 6.07 Å². The van der Waals surface area contributed by atoms with Gasteiger partial charge in [0.05, 0.1) is 5.39 Å². The first kappa shape index (κ1) is 16.0. The maximum absolute atomic E-state index is 12.2. The van der Waals surface area contributed by atoms with E-state index in [4.69, 9.17) is 4.42 Å². The van der Waals surface area contributed by atoms with Gasteiger partial charge in [0.1, 0.15) is 11.3 Å². The third kappa shape index (κ3) is 3.09. The van der Waals surface area contributed by atoms with Gasteiger partial charge in [-0.05, 0) is 43.7 Å². The van der Waals surface area contributed by atoms with Crippen molar-refractivity contribution in [3.63, 3.8) is 0 Å². The molecule has 3 rings (SSSR count). The zero-order valence-electron chi connectivity index (χ0n) is 13.5. The van der Waals surface area contributed by atoms with Crippen LogP contribution in [0.4, 0.5) is 0 Å². The number of nitrogens with one attached hydrogen (secondary N) is 1. The normalized spacial score (nSPS) is 11.3. The molecule has 2 N–H and O–H groups in total. The third-order valence-electron chi connectivity index (χ3n) is 3.80. The zero-order chi connectivity index (χ0) is 17.3. The SMILES string of the molecule is CN(C)CCNC(=O)c1ccc2c(c1)c(=O)oc1cc(O)ccc12. The molecule has 1 aromatic heterocycles. The quantitative estimate of drug-likeness (QED) is 0.565. The second-order valence-corrected chi connectivity index (χ2v) is 5.89. The molecule has 0 saturated heterocycles. The smallest absolute Gasteiger partial charge is 0.344 e. The second-order valence-electron chi connectivity index (χ2n) is 5.89. The number of carbonyl (C=O) groups excluding carboxylic acids is 1. The summed E-state index contributed by atoms with van der Waals surface area (Å²) in [6, 6.07) is 9.57. The van der Waals surface area contributed by atoms with E-state index in [-0.39, 0.29) is 11.7 Å². The van der Waals surface area contributed by atoms with Gasteiger partial charge in [-0.25, -0.2) is 4.79 Å². The number of phenolic OH excluding ortho intramolecular Hbond substituents is 1. The Morgan fingerprint density at radius 3 is 2.62 bits per heavy atom. The number of fused-ring (bicyclic) bond motifs is 3. The average Bonchev–Trinajstić information content (AvgIpc) is 2.54. The number of aromatic hydroxyl groups is 1. The Morgan fingerprint density at radius 2 is 1.88 bits per heavy atom. The topological polar surface area (TPSA) is 82.8 Å². The minimum atomic E-state index is -0.536. The summed E-state index contributed by atoms with van der Waals surface area (Å²) in [6.07, 6.45) is 0. The van der Waals surface area contributed by atoms with E-state index in [2.05, 4.69) is 5.32 Å². The van der Waals surface area contributed by atoms with Crippen molar-refractivity contribution >= 4 is 27.6 Å². The lowest BCUT2D eigenvalue weighted by atomic mass is 10.0. The number of hydrogen-bond donors (Lipinski definition) is 2. The Kier molecular flexibility index (Phi) is 4.22. The number of likely N-dealkylation sites (N-methyl/N-ethyl adjacent to an activating group) is 1. The minimum absolute atomic E-state index is 0.0295.